The zero-order valence-corrected chi connectivity index (χ0v) is 43.5. The predicted molar refractivity (Wildman–Crippen MR) is 254 cm³/mol. The van der Waals surface area contributed by atoms with Gasteiger partial charge in [0.2, 0.25) is 0 Å². The van der Waals surface area contributed by atoms with E-state index in [1.165, 1.54) is 5.57 Å². The van der Waals surface area contributed by atoms with Crippen molar-refractivity contribution < 1.29 is 109 Å². The van der Waals surface area contributed by atoms with Crippen LogP contribution in [0.25, 0.3) is 0 Å². The van der Waals surface area contributed by atoms with Gasteiger partial charge in [0.05, 0.1) is 68.7 Å². The van der Waals surface area contributed by atoms with Crippen molar-refractivity contribution >= 4 is 0 Å². The highest BCUT2D eigenvalue weighted by Gasteiger charge is 2.86. The molecule has 3 saturated carbocycles. The fourth-order valence-electron chi connectivity index (χ4n) is 15.3. The standard InChI is InChI=1S/C52H86O22/c1-23(27-12-14-52-50(27,6)18-30(58)38-26-8-10-34(71-37-16-24(56)15-25(19-53)67-37)48(2,3)28(26)11-13-51(38,52)74-52)7-9-35(49(4,5)65)72-47-45(73-46-44(64)42(62)40(60)32(21-55)69-46)43(63)41(61)33(70-47)22-66-36-17-29(57)39(59)31(20-54)68-36/h11,23-27,29-47,53-65H,7-10,12-22H2,1-6H3/t23-,24+,25?,26?,27-,29+,30-,31-,32+,33-,34-,35?,36+,37-,38?,39+,40+,41+,42+,43+,44+,45+,46+,47+,50-,51-,52+/m1/s1. The van der Waals surface area contributed by atoms with Crippen molar-refractivity contribution in [1.82, 2.24) is 0 Å². The van der Waals surface area contributed by atoms with Crippen LogP contribution in [0.1, 0.15) is 112 Å². The number of hydrogen-bond donors (Lipinski definition) is 13. The zero-order valence-electron chi connectivity index (χ0n) is 43.5. The molecule has 0 aromatic carbocycles. The monoisotopic (exact) mass is 1060 g/mol. The first-order chi connectivity index (χ1) is 34.8. The lowest BCUT2D eigenvalue weighted by Crippen LogP contribution is -2.65. The van der Waals surface area contributed by atoms with E-state index in [0.29, 0.717) is 32.1 Å². The van der Waals surface area contributed by atoms with Crippen LogP contribution < -0.4 is 0 Å². The van der Waals surface area contributed by atoms with Gasteiger partial charge in [-0.05, 0) is 83.0 Å². The molecule has 9 rings (SSSR count). The van der Waals surface area contributed by atoms with Crippen LogP contribution in [0.4, 0.5) is 0 Å². The molecule has 2 spiro atoms. The Morgan fingerprint density at radius 2 is 1.39 bits per heavy atom. The van der Waals surface area contributed by atoms with Crippen molar-refractivity contribution in [1.29, 1.82) is 0 Å². The van der Waals surface area contributed by atoms with Gasteiger partial charge in [0.15, 0.2) is 25.2 Å². The summed E-state index contributed by atoms with van der Waals surface area (Å²) in [5, 5.41) is 140. The second-order valence-electron chi connectivity index (χ2n) is 24.6. The molecule has 426 valence electrons. The fourth-order valence-corrected chi connectivity index (χ4v) is 15.3. The third kappa shape index (κ3) is 10.1. The summed E-state index contributed by atoms with van der Waals surface area (Å²) in [6, 6.07) is 0. The molecule has 0 aromatic heterocycles. The number of rotatable bonds is 17. The van der Waals surface area contributed by atoms with Crippen LogP contribution in [0, 0.1) is 34.5 Å². The number of aliphatic hydroxyl groups is 13. The Labute approximate surface area is 432 Å². The van der Waals surface area contributed by atoms with E-state index in [9.17, 15) is 66.4 Å². The smallest absolute Gasteiger partial charge is 0.187 e. The van der Waals surface area contributed by atoms with Crippen LogP contribution in [0.5, 0.6) is 0 Å². The molecule has 5 saturated heterocycles. The Morgan fingerprint density at radius 1 is 0.703 bits per heavy atom. The van der Waals surface area contributed by atoms with Crippen LogP contribution in [0.2, 0.25) is 0 Å². The lowest BCUT2D eigenvalue weighted by Gasteiger charge is -2.56. The minimum Gasteiger partial charge on any atom is -0.394 e. The number of ether oxygens (including phenoxy) is 9. The summed E-state index contributed by atoms with van der Waals surface area (Å²) >= 11 is 0. The summed E-state index contributed by atoms with van der Waals surface area (Å²) in [5.74, 6) is 0.120. The molecule has 0 radical (unpaired) electrons. The summed E-state index contributed by atoms with van der Waals surface area (Å²) in [6.07, 6.45) is -17.3. The third-order valence-electron chi connectivity index (χ3n) is 19.3. The van der Waals surface area contributed by atoms with Gasteiger partial charge >= 0.3 is 0 Å². The van der Waals surface area contributed by atoms with Gasteiger partial charge < -0.3 is 109 Å². The third-order valence-corrected chi connectivity index (χ3v) is 19.3. The van der Waals surface area contributed by atoms with Crippen molar-refractivity contribution in [3.05, 3.63) is 11.6 Å². The molecule has 0 aromatic rings. The van der Waals surface area contributed by atoms with Crippen LogP contribution in [0.15, 0.2) is 11.6 Å². The van der Waals surface area contributed by atoms with Crippen molar-refractivity contribution in [2.75, 3.05) is 26.4 Å². The molecule has 5 heterocycles. The summed E-state index contributed by atoms with van der Waals surface area (Å²) in [7, 11) is 0. The van der Waals surface area contributed by atoms with E-state index < -0.39 is 159 Å². The first-order valence-corrected chi connectivity index (χ1v) is 27.1. The van der Waals surface area contributed by atoms with E-state index in [0.717, 1.165) is 25.7 Å². The molecular formula is C52H86O22. The summed E-state index contributed by atoms with van der Waals surface area (Å²) in [4.78, 5) is 0. The molecule has 27 atom stereocenters. The van der Waals surface area contributed by atoms with Crippen molar-refractivity contribution in [2.24, 2.45) is 34.5 Å². The Balaban J connectivity index is 0.894. The van der Waals surface area contributed by atoms with Gasteiger partial charge in [0.1, 0.15) is 72.2 Å². The van der Waals surface area contributed by atoms with Crippen LogP contribution in [-0.2, 0) is 42.6 Å². The Kier molecular flexibility index (Phi) is 16.9. The lowest BCUT2D eigenvalue weighted by molar-refractivity contribution is -0.378. The maximum Gasteiger partial charge on any atom is 0.187 e. The van der Waals surface area contributed by atoms with E-state index in [1.54, 1.807) is 13.8 Å². The first kappa shape index (κ1) is 57.5. The Bertz CT molecular complexity index is 1940. The molecule has 4 unspecified atom stereocenters. The number of hydrogen-bond acceptors (Lipinski definition) is 22. The summed E-state index contributed by atoms with van der Waals surface area (Å²) in [6.45, 7) is 9.86. The molecule has 22 nitrogen and oxygen atoms in total. The van der Waals surface area contributed by atoms with E-state index >= 15 is 0 Å². The SMILES string of the molecule is C[C@H](CCC(O[C@@H]1O[C@H](CO[C@@H]2C[C@H](O)[C@H](O)[C@@H](CO)O2)[C@H](O)[C@H](O)[C@@H]1O[C@@H]1O[C@@H](CO)[C@H](O)[C@H](O)[C@@H]1O)C(C)(C)O)[C@H]1CC[C@@]23O[C@@]24CC=C2C(CC[C@@H](O[C@@H]5C[C@@H](O)CC(CO)O5)C2(C)C)C4[C@H](O)C[C@]13C. The average Bonchev–Trinajstić information content (AvgIpc) is 3.91. The fraction of sp³-hybridized carbons (Fsp3) is 0.962. The molecule has 22 heteroatoms. The highest BCUT2D eigenvalue weighted by Crippen LogP contribution is 2.80. The second kappa shape index (κ2) is 21.7. The van der Waals surface area contributed by atoms with Gasteiger partial charge in [-0.3, -0.25) is 0 Å². The summed E-state index contributed by atoms with van der Waals surface area (Å²) < 4.78 is 55.6. The lowest BCUT2D eigenvalue weighted by atomic mass is 9.48. The molecule has 5 aliphatic heterocycles. The minimum atomic E-state index is -1.89. The largest absolute Gasteiger partial charge is 0.394 e. The normalized spacial score (nSPS) is 50.9. The zero-order chi connectivity index (χ0) is 53.6. The number of aliphatic hydroxyl groups excluding tert-OH is 12. The highest BCUT2D eigenvalue weighted by molar-refractivity contribution is 5.40. The molecule has 0 bridgehead atoms. The van der Waals surface area contributed by atoms with E-state index in [2.05, 4.69) is 33.8 Å². The van der Waals surface area contributed by atoms with Crippen molar-refractivity contribution in [2.45, 2.75) is 252 Å². The molecular weight excluding hydrogens is 977 g/mol. The quantitative estimate of drug-likeness (QED) is 0.0573. The summed E-state index contributed by atoms with van der Waals surface area (Å²) in [5.41, 5.74) is -2.05. The Hall–Kier alpha value is -1.14. The van der Waals surface area contributed by atoms with Crippen LogP contribution >= 0.6 is 0 Å². The van der Waals surface area contributed by atoms with Gasteiger partial charge in [0.25, 0.3) is 0 Å². The molecule has 74 heavy (non-hydrogen) atoms. The van der Waals surface area contributed by atoms with Crippen LogP contribution in [-0.4, -0.2) is 232 Å². The van der Waals surface area contributed by atoms with Gasteiger partial charge in [-0.25, -0.2) is 0 Å². The highest BCUT2D eigenvalue weighted by atomic mass is 16.8. The van der Waals surface area contributed by atoms with E-state index in [-0.39, 0.29) is 54.6 Å². The topological polar surface area (TPSA) is 349 Å². The first-order valence-electron chi connectivity index (χ1n) is 27.1. The van der Waals surface area contributed by atoms with Crippen molar-refractivity contribution in [3.63, 3.8) is 0 Å². The number of epoxide rings is 1. The van der Waals surface area contributed by atoms with Gasteiger partial charge in [0, 0.05) is 36.0 Å². The van der Waals surface area contributed by atoms with Crippen LogP contribution in [0.3, 0.4) is 0 Å². The average molecular weight is 1060 g/mol. The van der Waals surface area contributed by atoms with Gasteiger partial charge in [-0.2, -0.15) is 0 Å². The Morgan fingerprint density at radius 3 is 2.08 bits per heavy atom. The minimum absolute atomic E-state index is 0.0269. The second-order valence-corrected chi connectivity index (χ2v) is 24.6. The predicted octanol–water partition coefficient (Wildman–Crippen LogP) is -1.65. The van der Waals surface area contributed by atoms with Gasteiger partial charge in [-0.15, -0.1) is 0 Å². The van der Waals surface area contributed by atoms with Crippen molar-refractivity contribution in [3.8, 4) is 0 Å². The molecule has 4 aliphatic carbocycles. The molecule has 13 N–H and O–H groups in total. The molecule has 0 amide bonds. The van der Waals surface area contributed by atoms with Gasteiger partial charge in [-0.1, -0.05) is 39.3 Å². The van der Waals surface area contributed by atoms with E-state index in [4.69, 9.17) is 42.6 Å². The van der Waals surface area contributed by atoms with E-state index in [1.807, 2.05) is 0 Å². The maximum atomic E-state index is 12.4. The molecule has 8 fully saturated rings. The number of fused-ring (bicyclic) bond motifs is 2. The molecule has 9 aliphatic rings. The maximum absolute atomic E-state index is 12.4.